The van der Waals surface area contributed by atoms with E-state index in [0.717, 1.165) is 12.0 Å². The standard InChI is InChI=1S/C23H21N3O5S/c1-16-11-12-19(15-22(16)26(28)29)24-23(27)18-7-4-9-20(14-18)32(30,31)25-13-5-8-17-6-2-3-10-21(17)25/h2-4,6-7,9-12,14-15H,5,8,13H2,1H3,(H,24,27). The lowest BCUT2D eigenvalue weighted by atomic mass is 10.0. The lowest BCUT2D eigenvalue weighted by molar-refractivity contribution is -0.385. The summed E-state index contributed by atoms with van der Waals surface area (Å²) in [6.45, 7) is 1.97. The van der Waals surface area contributed by atoms with Gasteiger partial charge in [-0.2, -0.15) is 0 Å². The predicted octanol–water partition coefficient (Wildman–Crippen LogP) is 4.30. The highest BCUT2D eigenvalue weighted by Gasteiger charge is 2.29. The first kappa shape index (κ1) is 21.5. The molecule has 1 aliphatic rings. The maximum absolute atomic E-state index is 13.4. The van der Waals surface area contributed by atoms with E-state index < -0.39 is 20.9 Å². The van der Waals surface area contributed by atoms with Crippen molar-refractivity contribution < 1.29 is 18.1 Å². The van der Waals surface area contributed by atoms with Crippen LogP contribution >= 0.6 is 0 Å². The first-order valence-electron chi connectivity index (χ1n) is 10.0. The van der Waals surface area contributed by atoms with E-state index in [1.54, 1.807) is 31.2 Å². The van der Waals surface area contributed by atoms with Gasteiger partial charge in [-0.25, -0.2) is 8.42 Å². The minimum atomic E-state index is -3.86. The highest BCUT2D eigenvalue weighted by atomic mass is 32.2. The predicted molar refractivity (Wildman–Crippen MR) is 122 cm³/mol. The molecular formula is C23H21N3O5S. The Kier molecular flexibility index (Phi) is 5.67. The number of hydrogen-bond acceptors (Lipinski definition) is 5. The van der Waals surface area contributed by atoms with Gasteiger partial charge in [0.1, 0.15) is 0 Å². The highest BCUT2D eigenvalue weighted by Crippen LogP contribution is 2.32. The van der Waals surface area contributed by atoms with Gasteiger partial charge in [-0.15, -0.1) is 0 Å². The zero-order valence-corrected chi connectivity index (χ0v) is 18.1. The number of fused-ring (bicyclic) bond motifs is 1. The number of rotatable bonds is 5. The molecule has 0 saturated carbocycles. The fourth-order valence-corrected chi connectivity index (χ4v) is 5.35. The molecule has 8 nitrogen and oxygen atoms in total. The summed E-state index contributed by atoms with van der Waals surface area (Å²) in [6, 6.07) is 17.6. The number of para-hydroxylation sites is 1. The van der Waals surface area contributed by atoms with Gasteiger partial charge in [0.05, 0.1) is 15.5 Å². The molecule has 32 heavy (non-hydrogen) atoms. The summed E-state index contributed by atoms with van der Waals surface area (Å²) < 4.78 is 28.1. The van der Waals surface area contributed by atoms with Crippen molar-refractivity contribution in [3.63, 3.8) is 0 Å². The number of nitro groups is 1. The molecule has 3 aromatic carbocycles. The maximum atomic E-state index is 13.4. The van der Waals surface area contributed by atoms with Gasteiger partial charge >= 0.3 is 0 Å². The second kappa shape index (κ2) is 8.43. The zero-order valence-electron chi connectivity index (χ0n) is 17.3. The molecule has 3 aromatic rings. The quantitative estimate of drug-likeness (QED) is 0.459. The van der Waals surface area contributed by atoms with Crippen LogP contribution in [0.1, 0.15) is 27.9 Å². The summed E-state index contributed by atoms with van der Waals surface area (Å²) >= 11 is 0. The fourth-order valence-electron chi connectivity index (χ4n) is 3.76. The molecule has 0 bridgehead atoms. The molecule has 4 rings (SSSR count). The number of aryl methyl sites for hydroxylation is 2. The van der Waals surface area contributed by atoms with Crippen LogP contribution in [-0.2, 0) is 16.4 Å². The van der Waals surface area contributed by atoms with Gasteiger partial charge in [0, 0.05) is 29.4 Å². The average molecular weight is 452 g/mol. The molecule has 0 unspecified atom stereocenters. The minimum absolute atomic E-state index is 0.0109. The molecule has 0 fully saturated rings. The van der Waals surface area contributed by atoms with Crippen molar-refractivity contribution >= 4 is 33.0 Å². The third kappa shape index (κ3) is 4.06. The second-order valence-corrected chi connectivity index (χ2v) is 9.41. The normalized spacial score (nSPS) is 13.3. The molecule has 1 heterocycles. The summed E-state index contributed by atoms with van der Waals surface area (Å²) in [5, 5.41) is 13.7. The Labute approximate surface area is 185 Å². The van der Waals surface area contributed by atoms with Crippen molar-refractivity contribution in [2.75, 3.05) is 16.2 Å². The molecule has 0 spiro atoms. The molecule has 9 heteroatoms. The third-order valence-electron chi connectivity index (χ3n) is 5.42. The summed E-state index contributed by atoms with van der Waals surface area (Å²) in [5.74, 6) is -0.556. The molecule has 0 saturated heterocycles. The molecule has 1 aliphatic heterocycles. The van der Waals surface area contributed by atoms with Gasteiger partial charge in [0.15, 0.2) is 0 Å². The Balaban J connectivity index is 1.62. The molecule has 164 valence electrons. The van der Waals surface area contributed by atoms with E-state index >= 15 is 0 Å². The van der Waals surface area contributed by atoms with Crippen molar-refractivity contribution in [2.24, 2.45) is 0 Å². The number of nitrogens with zero attached hydrogens (tertiary/aromatic N) is 2. The summed E-state index contributed by atoms with van der Waals surface area (Å²) in [4.78, 5) is 23.4. The van der Waals surface area contributed by atoms with E-state index in [1.807, 2.05) is 12.1 Å². The minimum Gasteiger partial charge on any atom is -0.322 e. The van der Waals surface area contributed by atoms with Crippen molar-refractivity contribution in [1.29, 1.82) is 0 Å². The number of anilines is 2. The first-order valence-corrected chi connectivity index (χ1v) is 11.5. The molecule has 0 aromatic heterocycles. The molecule has 1 N–H and O–H groups in total. The van der Waals surface area contributed by atoms with Crippen molar-refractivity contribution in [2.45, 2.75) is 24.7 Å². The van der Waals surface area contributed by atoms with Crippen LogP contribution < -0.4 is 9.62 Å². The van der Waals surface area contributed by atoms with E-state index in [0.29, 0.717) is 24.2 Å². The van der Waals surface area contributed by atoms with Crippen LogP contribution in [0.4, 0.5) is 17.1 Å². The van der Waals surface area contributed by atoms with Gasteiger partial charge in [0.2, 0.25) is 0 Å². The number of carbonyl (C=O) groups excluding carboxylic acids is 1. The van der Waals surface area contributed by atoms with Crippen LogP contribution in [0.2, 0.25) is 0 Å². The number of benzene rings is 3. The number of hydrogen-bond donors (Lipinski definition) is 1. The monoisotopic (exact) mass is 451 g/mol. The first-order chi connectivity index (χ1) is 15.3. The SMILES string of the molecule is Cc1ccc(NC(=O)c2cccc(S(=O)(=O)N3CCCc4ccccc43)c2)cc1[N+](=O)[O-]. The number of carbonyl (C=O) groups is 1. The lowest BCUT2D eigenvalue weighted by Gasteiger charge is -2.30. The number of nitrogens with one attached hydrogen (secondary N) is 1. The van der Waals surface area contributed by atoms with E-state index in [2.05, 4.69) is 5.32 Å². The van der Waals surface area contributed by atoms with Crippen LogP contribution in [0.15, 0.2) is 71.6 Å². The largest absolute Gasteiger partial charge is 0.322 e. The van der Waals surface area contributed by atoms with Gasteiger partial charge in [-0.1, -0.05) is 30.3 Å². The Morgan fingerprint density at radius 1 is 1.06 bits per heavy atom. The Hall–Kier alpha value is -3.72. The van der Waals surface area contributed by atoms with Crippen LogP contribution in [0.3, 0.4) is 0 Å². The lowest BCUT2D eigenvalue weighted by Crippen LogP contribution is -2.35. The van der Waals surface area contributed by atoms with E-state index in [-0.39, 0.29) is 21.8 Å². The third-order valence-corrected chi connectivity index (χ3v) is 7.22. The van der Waals surface area contributed by atoms with Crippen LogP contribution in [-0.4, -0.2) is 25.8 Å². The Morgan fingerprint density at radius 2 is 1.84 bits per heavy atom. The van der Waals surface area contributed by atoms with Gasteiger partial charge < -0.3 is 5.32 Å². The Morgan fingerprint density at radius 3 is 2.62 bits per heavy atom. The maximum Gasteiger partial charge on any atom is 0.274 e. The van der Waals surface area contributed by atoms with E-state index in [1.165, 1.54) is 34.6 Å². The fraction of sp³-hybridized carbons (Fsp3) is 0.174. The summed E-state index contributed by atoms with van der Waals surface area (Å²) in [6.07, 6.45) is 1.52. The Bertz CT molecular complexity index is 1320. The smallest absolute Gasteiger partial charge is 0.274 e. The molecule has 0 radical (unpaired) electrons. The number of nitro benzene ring substituents is 1. The summed E-state index contributed by atoms with van der Waals surface area (Å²) in [5.41, 5.74) is 2.38. The van der Waals surface area contributed by atoms with Crippen LogP contribution in [0.5, 0.6) is 0 Å². The molecule has 1 amide bonds. The summed E-state index contributed by atoms with van der Waals surface area (Å²) in [7, 11) is -3.86. The zero-order chi connectivity index (χ0) is 22.9. The van der Waals surface area contributed by atoms with Gasteiger partial charge in [0.25, 0.3) is 21.6 Å². The van der Waals surface area contributed by atoms with Crippen LogP contribution in [0.25, 0.3) is 0 Å². The van der Waals surface area contributed by atoms with Gasteiger partial charge in [-0.05, 0) is 55.7 Å². The second-order valence-electron chi connectivity index (χ2n) is 7.55. The highest BCUT2D eigenvalue weighted by molar-refractivity contribution is 7.92. The van der Waals surface area contributed by atoms with Crippen molar-refractivity contribution in [3.8, 4) is 0 Å². The average Bonchev–Trinajstić information content (AvgIpc) is 2.79. The topological polar surface area (TPSA) is 110 Å². The molecule has 0 atom stereocenters. The molecular weight excluding hydrogens is 430 g/mol. The van der Waals surface area contributed by atoms with Crippen LogP contribution in [0, 0.1) is 17.0 Å². The number of sulfonamides is 1. The molecule has 0 aliphatic carbocycles. The van der Waals surface area contributed by atoms with Crippen molar-refractivity contribution in [3.05, 3.63) is 93.5 Å². The van der Waals surface area contributed by atoms with Gasteiger partial charge in [-0.3, -0.25) is 19.2 Å². The van der Waals surface area contributed by atoms with E-state index in [4.69, 9.17) is 0 Å². The van der Waals surface area contributed by atoms with E-state index in [9.17, 15) is 23.3 Å². The van der Waals surface area contributed by atoms with Crippen molar-refractivity contribution in [1.82, 2.24) is 0 Å². The number of amides is 1.